The maximum atomic E-state index is 13.3. The van der Waals surface area contributed by atoms with E-state index < -0.39 is 0 Å². The molecule has 1 aliphatic heterocycles. The minimum atomic E-state index is -0.0422. The van der Waals surface area contributed by atoms with Crippen LogP contribution < -0.4 is 5.32 Å². The van der Waals surface area contributed by atoms with Gasteiger partial charge in [0.15, 0.2) is 0 Å². The van der Waals surface area contributed by atoms with Gasteiger partial charge in [-0.2, -0.15) is 0 Å². The normalized spacial score (nSPS) is 18.8. The second-order valence-corrected chi connectivity index (χ2v) is 9.10. The number of carbonyl (C=O) groups is 2. The van der Waals surface area contributed by atoms with Gasteiger partial charge in [0.05, 0.1) is 0 Å². The van der Waals surface area contributed by atoms with Gasteiger partial charge in [-0.05, 0) is 43.7 Å². The van der Waals surface area contributed by atoms with E-state index in [4.69, 9.17) is 4.52 Å². The van der Waals surface area contributed by atoms with Gasteiger partial charge in [-0.15, -0.1) is 0 Å². The highest BCUT2D eigenvalue weighted by atomic mass is 16.5. The van der Waals surface area contributed by atoms with Gasteiger partial charge < -0.3 is 14.7 Å². The lowest BCUT2D eigenvalue weighted by Gasteiger charge is -2.33. The van der Waals surface area contributed by atoms with Crippen LogP contribution in [0.2, 0.25) is 0 Å². The van der Waals surface area contributed by atoms with Crippen LogP contribution in [0.3, 0.4) is 0 Å². The number of likely N-dealkylation sites (tertiary alicyclic amines) is 1. The molecule has 7 heteroatoms. The van der Waals surface area contributed by atoms with Crippen molar-refractivity contribution in [2.75, 3.05) is 19.6 Å². The number of aromatic nitrogens is 2. The molecule has 3 aromatic rings. The van der Waals surface area contributed by atoms with Crippen molar-refractivity contribution < 1.29 is 14.1 Å². The molecule has 33 heavy (non-hydrogen) atoms. The Morgan fingerprint density at radius 2 is 1.88 bits per heavy atom. The van der Waals surface area contributed by atoms with Crippen molar-refractivity contribution in [3.05, 3.63) is 71.7 Å². The fourth-order valence-electron chi connectivity index (χ4n) is 4.98. The molecule has 1 aromatic carbocycles. The summed E-state index contributed by atoms with van der Waals surface area (Å²) in [5, 5.41) is 7.22. The van der Waals surface area contributed by atoms with Crippen molar-refractivity contribution in [2.45, 2.75) is 32.6 Å². The number of hydrogen-bond donors (Lipinski definition) is 1. The fourth-order valence-corrected chi connectivity index (χ4v) is 4.98. The van der Waals surface area contributed by atoms with E-state index in [1.165, 1.54) is 0 Å². The number of rotatable bonds is 6. The highest BCUT2D eigenvalue weighted by Gasteiger charge is 2.58. The highest BCUT2D eigenvalue weighted by Crippen LogP contribution is 2.59. The van der Waals surface area contributed by atoms with Crippen LogP contribution in [0.4, 0.5) is 0 Å². The Balaban J connectivity index is 1.16. The van der Waals surface area contributed by atoms with Crippen molar-refractivity contribution in [3.63, 3.8) is 0 Å². The highest BCUT2D eigenvalue weighted by molar-refractivity contribution is 6.00. The lowest BCUT2D eigenvalue weighted by molar-refractivity contribution is -0.123. The minimum absolute atomic E-state index is 0.0395. The standard InChI is InChI=1S/C26H28N4O3/c1-18-22(23(29-33-18)19-7-3-2-4-8-19)25(32)30-15-11-26(12-16-30)17-21(26)24(31)28-14-10-20-9-5-6-13-27-20/h2-9,13,21H,10-12,14-17H2,1H3,(H,28,31). The SMILES string of the molecule is Cc1onc(-c2ccccc2)c1C(=O)N1CCC2(CC1)CC2C(=O)NCCc1ccccn1. The molecule has 1 spiro atoms. The van der Waals surface area contributed by atoms with Crippen LogP contribution in [0.1, 0.15) is 41.1 Å². The van der Waals surface area contributed by atoms with E-state index >= 15 is 0 Å². The summed E-state index contributed by atoms with van der Waals surface area (Å²) in [5.74, 6) is 0.679. The van der Waals surface area contributed by atoms with Gasteiger partial charge in [0, 0.05) is 49.4 Å². The number of nitrogens with zero attached hydrogens (tertiary/aromatic N) is 3. The molecule has 2 aromatic heterocycles. The van der Waals surface area contributed by atoms with Crippen molar-refractivity contribution >= 4 is 11.8 Å². The lowest BCUT2D eigenvalue weighted by Crippen LogP contribution is -2.41. The molecule has 0 radical (unpaired) electrons. The smallest absolute Gasteiger partial charge is 0.259 e. The first-order valence-electron chi connectivity index (χ1n) is 11.6. The van der Waals surface area contributed by atoms with Crippen molar-refractivity contribution in [1.82, 2.24) is 20.4 Å². The topological polar surface area (TPSA) is 88.3 Å². The third kappa shape index (κ3) is 4.27. The zero-order valence-electron chi connectivity index (χ0n) is 18.8. The average Bonchev–Trinajstić information content (AvgIpc) is 3.41. The van der Waals surface area contributed by atoms with E-state index in [0.717, 1.165) is 36.9 Å². The monoisotopic (exact) mass is 444 g/mol. The Kier molecular flexibility index (Phi) is 5.70. The van der Waals surface area contributed by atoms with Crippen molar-refractivity contribution in [2.24, 2.45) is 11.3 Å². The number of benzene rings is 1. The first-order valence-corrected chi connectivity index (χ1v) is 11.6. The molecule has 1 saturated heterocycles. The van der Waals surface area contributed by atoms with E-state index in [0.29, 0.717) is 36.7 Å². The van der Waals surface area contributed by atoms with Gasteiger partial charge in [-0.3, -0.25) is 14.6 Å². The third-order valence-electron chi connectivity index (χ3n) is 7.08. The molecule has 3 heterocycles. The maximum Gasteiger partial charge on any atom is 0.259 e. The van der Waals surface area contributed by atoms with E-state index in [1.54, 1.807) is 13.1 Å². The Morgan fingerprint density at radius 3 is 2.61 bits per heavy atom. The van der Waals surface area contributed by atoms with Crippen LogP contribution in [0.5, 0.6) is 0 Å². The molecular formula is C26H28N4O3. The zero-order valence-corrected chi connectivity index (χ0v) is 18.8. The molecule has 1 saturated carbocycles. The summed E-state index contributed by atoms with van der Waals surface area (Å²) < 4.78 is 5.38. The Labute approximate surface area is 193 Å². The van der Waals surface area contributed by atoms with Crippen LogP contribution in [0.15, 0.2) is 59.3 Å². The first-order chi connectivity index (χ1) is 16.1. The molecule has 1 N–H and O–H groups in total. The summed E-state index contributed by atoms with van der Waals surface area (Å²) in [6, 6.07) is 15.5. The first kappa shape index (κ1) is 21.4. The molecule has 2 fully saturated rings. The van der Waals surface area contributed by atoms with E-state index in [1.807, 2.05) is 53.4 Å². The summed E-state index contributed by atoms with van der Waals surface area (Å²) in [7, 11) is 0. The number of aryl methyl sites for hydroxylation is 1. The van der Waals surface area contributed by atoms with Crippen molar-refractivity contribution in [3.8, 4) is 11.3 Å². The summed E-state index contributed by atoms with van der Waals surface area (Å²) in [4.78, 5) is 32.2. The maximum absolute atomic E-state index is 13.3. The number of nitrogens with one attached hydrogen (secondary N) is 1. The van der Waals surface area contributed by atoms with Gasteiger partial charge in [-0.1, -0.05) is 41.6 Å². The number of piperidine rings is 1. The van der Waals surface area contributed by atoms with Gasteiger partial charge in [-0.25, -0.2) is 0 Å². The largest absolute Gasteiger partial charge is 0.360 e. The molecule has 1 aliphatic carbocycles. The van der Waals surface area contributed by atoms with E-state index in [-0.39, 0.29) is 23.1 Å². The molecule has 2 amide bonds. The second kappa shape index (κ2) is 8.81. The van der Waals surface area contributed by atoms with E-state index in [2.05, 4.69) is 15.5 Å². The minimum Gasteiger partial charge on any atom is -0.360 e. The summed E-state index contributed by atoms with van der Waals surface area (Å²) >= 11 is 0. The Morgan fingerprint density at radius 1 is 1.12 bits per heavy atom. The predicted molar refractivity (Wildman–Crippen MR) is 123 cm³/mol. The van der Waals surface area contributed by atoms with Crippen LogP contribution in [-0.4, -0.2) is 46.5 Å². The molecule has 0 bridgehead atoms. The number of amides is 2. The van der Waals surface area contributed by atoms with Crippen LogP contribution >= 0.6 is 0 Å². The van der Waals surface area contributed by atoms with Gasteiger partial charge in [0.2, 0.25) is 5.91 Å². The third-order valence-corrected chi connectivity index (χ3v) is 7.08. The Bertz CT molecular complexity index is 1130. The number of carbonyl (C=O) groups excluding carboxylic acids is 2. The quantitative estimate of drug-likeness (QED) is 0.627. The van der Waals surface area contributed by atoms with Crippen LogP contribution in [-0.2, 0) is 11.2 Å². The van der Waals surface area contributed by atoms with Gasteiger partial charge >= 0.3 is 0 Å². The summed E-state index contributed by atoms with van der Waals surface area (Å²) in [5.41, 5.74) is 3.02. The van der Waals surface area contributed by atoms with Gasteiger partial charge in [0.25, 0.3) is 5.91 Å². The zero-order chi connectivity index (χ0) is 22.8. The van der Waals surface area contributed by atoms with Gasteiger partial charge in [0.1, 0.15) is 17.0 Å². The molecule has 5 rings (SSSR count). The molecular weight excluding hydrogens is 416 g/mol. The lowest BCUT2D eigenvalue weighted by atomic mass is 9.90. The summed E-state index contributed by atoms with van der Waals surface area (Å²) in [6.07, 6.45) is 5.11. The van der Waals surface area contributed by atoms with Crippen LogP contribution in [0, 0.1) is 18.3 Å². The number of hydrogen-bond acceptors (Lipinski definition) is 5. The fraction of sp³-hybridized carbons (Fsp3) is 0.385. The Hall–Kier alpha value is -3.48. The second-order valence-electron chi connectivity index (χ2n) is 9.10. The van der Waals surface area contributed by atoms with Crippen LogP contribution in [0.25, 0.3) is 11.3 Å². The number of pyridine rings is 1. The van der Waals surface area contributed by atoms with E-state index in [9.17, 15) is 9.59 Å². The average molecular weight is 445 g/mol. The predicted octanol–water partition coefficient (Wildman–Crippen LogP) is 3.65. The van der Waals surface area contributed by atoms with Crippen molar-refractivity contribution in [1.29, 1.82) is 0 Å². The molecule has 170 valence electrons. The summed E-state index contributed by atoms with van der Waals surface area (Å²) in [6.45, 7) is 3.68. The molecule has 1 atom stereocenters. The molecule has 2 aliphatic rings. The molecule has 7 nitrogen and oxygen atoms in total. The molecule has 1 unspecified atom stereocenters.